The first-order valence-corrected chi connectivity index (χ1v) is 8.86. The summed E-state index contributed by atoms with van der Waals surface area (Å²) in [6, 6.07) is 14.1. The van der Waals surface area contributed by atoms with Crippen molar-refractivity contribution in [1.29, 1.82) is 0 Å². The summed E-state index contributed by atoms with van der Waals surface area (Å²) < 4.78 is 10.5. The molecule has 26 heavy (non-hydrogen) atoms. The van der Waals surface area contributed by atoms with Gasteiger partial charge >= 0.3 is 0 Å². The highest BCUT2D eigenvalue weighted by atomic mass is 16.5. The van der Waals surface area contributed by atoms with Crippen molar-refractivity contribution in [3.8, 4) is 11.5 Å². The van der Waals surface area contributed by atoms with E-state index in [1.807, 2.05) is 30.3 Å². The van der Waals surface area contributed by atoms with Gasteiger partial charge in [-0.2, -0.15) is 0 Å². The van der Waals surface area contributed by atoms with E-state index in [1.165, 1.54) is 11.1 Å². The Balaban J connectivity index is 1.62. The summed E-state index contributed by atoms with van der Waals surface area (Å²) in [6.45, 7) is 4.09. The van der Waals surface area contributed by atoms with Gasteiger partial charge in [0.1, 0.15) is 0 Å². The van der Waals surface area contributed by atoms with Crippen LogP contribution in [0.2, 0.25) is 0 Å². The molecular formula is C21H28N2O3. The van der Waals surface area contributed by atoms with Gasteiger partial charge in [0.15, 0.2) is 11.5 Å². The van der Waals surface area contributed by atoms with Gasteiger partial charge in [-0.1, -0.05) is 35.9 Å². The molecule has 0 radical (unpaired) electrons. The highest BCUT2D eigenvalue weighted by Gasteiger charge is 2.05. The number of hydrogen-bond acceptors (Lipinski definition) is 4. The van der Waals surface area contributed by atoms with Gasteiger partial charge in [0, 0.05) is 19.5 Å². The molecule has 2 N–H and O–H groups in total. The minimum atomic E-state index is 0.0594. The zero-order valence-electron chi connectivity index (χ0n) is 15.8. The summed E-state index contributed by atoms with van der Waals surface area (Å²) in [4.78, 5) is 11.9. The lowest BCUT2D eigenvalue weighted by molar-refractivity contribution is -0.121. The fourth-order valence-corrected chi connectivity index (χ4v) is 2.59. The molecule has 0 aliphatic heterocycles. The number of amides is 1. The minimum Gasteiger partial charge on any atom is -0.493 e. The Morgan fingerprint density at radius 2 is 1.62 bits per heavy atom. The quantitative estimate of drug-likeness (QED) is 0.643. The maximum atomic E-state index is 11.9. The largest absolute Gasteiger partial charge is 0.493 e. The second-order valence-electron chi connectivity index (χ2n) is 6.20. The van der Waals surface area contributed by atoms with Crippen molar-refractivity contribution in [2.45, 2.75) is 26.3 Å². The monoisotopic (exact) mass is 356 g/mol. The molecule has 2 aromatic carbocycles. The molecule has 0 atom stereocenters. The molecule has 5 nitrogen and oxygen atoms in total. The van der Waals surface area contributed by atoms with Crippen LogP contribution in [0, 0.1) is 6.92 Å². The van der Waals surface area contributed by atoms with E-state index in [4.69, 9.17) is 9.47 Å². The predicted octanol–water partition coefficient (Wildman–Crippen LogP) is 2.85. The fourth-order valence-electron chi connectivity index (χ4n) is 2.59. The van der Waals surface area contributed by atoms with E-state index >= 15 is 0 Å². The number of methoxy groups -OCH3 is 2. The molecule has 0 heterocycles. The van der Waals surface area contributed by atoms with Crippen LogP contribution in [0.1, 0.15) is 23.1 Å². The summed E-state index contributed by atoms with van der Waals surface area (Å²) in [6.07, 6.45) is 1.34. The number of aryl methyl sites for hydroxylation is 1. The van der Waals surface area contributed by atoms with Gasteiger partial charge in [-0.3, -0.25) is 4.79 Å². The van der Waals surface area contributed by atoms with Crippen LogP contribution in [0.3, 0.4) is 0 Å². The first-order chi connectivity index (χ1) is 12.6. The Bertz CT molecular complexity index is 699. The Morgan fingerprint density at radius 3 is 2.31 bits per heavy atom. The number of hydrogen-bond donors (Lipinski definition) is 2. The molecule has 0 bridgehead atoms. The Labute approximate surface area is 155 Å². The summed E-state index contributed by atoms with van der Waals surface area (Å²) >= 11 is 0. The summed E-state index contributed by atoms with van der Waals surface area (Å²) in [5, 5.41) is 6.25. The summed E-state index contributed by atoms with van der Waals surface area (Å²) in [5.41, 5.74) is 3.50. The Kier molecular flexibility index (Phi) is 7.96. The molecule has 140 valence electrons. The molecule has 2 aromatic rings. The van der Waals surface area contributed by atoms with E-state index in [0.717, 1.165) is 30.0 Å². The smallest absolute Gasteiger partial charge is 0.221 e. The highest BCUT2D eigenvalue weighted by Crippen LogP contribution is 2.27. The van der Waals surface area contributed by atoms with E-state index < -0.39 is 0 Å². The minimum absolute atomic E-state index is 0.0594. The van der Waals surface area contributed by atoms with Crippen molar-refractivity contribution in [3.05, 3.63) is 59.2 Å². The maximum Gasteiger partial charge on any atom is 0.221 e. The molecule has 0 saturated carbocycles. The molecule has 0 fully saturated rings. The number of nitrogens with one attached hydrogen (secondary N) is 2. The Hall–Kier alpha value is -2.53. The maximum absolute atomic E-state index is 11.9. The number of carbonyl (C=O) groups excluding carboxylic acids is 1. The molecule has 0 aliphatic rings. The number of benzene rings is 2. The van der Waals surface area contributed by atoms with Crippen molar-refractivity contribution < 1.29 is 14.3 Å². The summed E-state index contributed by atoms with van der Waals surface area (Å²) in [7, 11) is 3.26. The normalized spacial score (nSPS) is 10.4. The van der Waals surface area contributed by atoms with E-state index in [9.17, 15) is 4.79 Å². The van der Waals surface area contributed by atoms with Crippen molar-refractivity contribution in [2.75, 3.05) is 27.3 Å². The van der Waals surface area contributed by atoms with Crippen LogP contribution in [-0.4, -0.2) is 33.2 Å². The zero-order chi connectivity index (χ0) is 18.8. The molecule has 1 amide bonds. The van der Waals surface area contributed by atoms with Gasteiger partial charge < -0.3 is 20.1 Å². The lowest BCUT2D eigenvalue weighted by atomic mass is 10.1. The van der Waals surface area contributed by atoms with Crippen LogP contribution in [-0.2, 0) is 17.8 Å². The first kappa shape index (κ1) is 19.8. The van der Waals surface area contributed by atoms with Gasteiger partial charge in [-0.15, -0.1) is 0 Å². The van der Waals surface area contributed by atoms with Crippen molar-refractivity contribution >= 4 is 5.91 Å². The van der Waals surface area contributed by atoms with Gasteiger partial charge in [0.25, 0.3) is 0 Å². The molecular weight excluding hydrogens is 328 g/mol. The van der Waals surface area contributed by atoms with Crippen LogP contribution in [0.25, 0.3) is 0 Å². The topological polar surface area (TPSA) is 59.6 Å². The highest BCUT2D eigenvalue weighted by molar-refractivity contribution is 5.76. The average Bonchev–Trinajstić information content (AvgIpc) is 2.67. The van der Waals surface area contributed by atoms with E-state index in [2.05, 4.69) is 29.7 Å². The first-order valence-electron chi connectivity index (χ1n) is 8.86. The molecule has 0 aliphatic carbocycles. The van der Waals surface area contributed by atoms with Gasteiger partial charge in [-0.05, 0) is 43.1 Å². The second-order valence-corrected chi connectivity index (χ2v) is 6.20. The summed E-state index contributed by atoms with van der Waals surface area (Å²) in [5.74, 6) is 1.53. The molecule has 0 unspecified atom stereocenters. The molecule has 5 heteroatoms. The van der Waals surface area contributed by atoms with Gasteiger partial charge in [0.05, 0.1) is 14.2 Å². The number of rotatable bonds is 10. The van der Waals surface area contributed by atoms with Gasteiger partial charge in [0.2, 0.25) is 5.91 Å². The van der Waals surface area contributed by atoms with Crippen LogP contribution in [0.15, 0.2) is 42.5 Å². The predicted molar refractivity (Wildman–Crippen MR) is 104 cm³/mol. The van der Waals surface area contributed by atoms with Gasteiger partial charge in [-0.25, -0.2) is 0 Å². The third-order valence-corrected chi connectivity index (χ3v) is 4.18. The van der Waals surface area contributed by atoms with Crippen LogP contribution in [0.4, 0.5) is 0 Å². The average molecular weight is 356 g/mol. The molecule has 0 aromatic heterocycles. The van der Waals surface area contributed by atoms with E-state index in [0.29, 0.717) is 19.5 Å². The fraction of sp³-hybridized carbons (Fsp3) is 0.381. The van der Waals surface area contributed by atoms with E-state index in [1.54, 1.807) is 14.2 Å². The standard InChI is InChI=1S/C21H28N2O3/c1-16-4-6-18(7-5-16)15-23-21(24)11-13-22-12-10-17-8-9-19(25-2)20(14-17)26-3/h4-9,14,22H,10-13,15H2,1-3H3,(H,23,24). The second kappa shape index (κ2) is 10.5. The van der Waals surface area contributed by atoms with E-state index in [-0.39, 0.29) is 5.91 Å². The van der Waals surface area contributed by atoms with Crippen LogP contribution >= 0.6 is 0 Å². The lowest BCUT2D eigenvalue weighted by Crippen LogP contribution is -2.28. The third kappa shape index (κ3) is 6.41. The van der Waals surface area contributed by atoms with Crippen molar-refractivity contribution in [3.63, 3.8) is 0 Å². The van der Waals surface area contributed by atoms with Crippen LogP contribution < -0.4 is 20.1 Å². The van der Waals surface area contributed by atoms with Crippen molar-refractivity contribution in [1.82, 2.24) is 10.6 Å². The number of carbonyl (C=O) groups is 1. The van der Waals surface area contributed by atoms with Crippen molar-refractivity contribution in [2.24, 2.45) is 0 Å². The van der Waals surface area contributed by atoms with Crippen LogP contribution in [0.5, 0.6) is 11.5 Å². The molecule has 0 saturated heterocycles. The number of ether oxygens (including phenoxy) is 2. The molecule has 0 spiro atoms. The Morgan fingerprint density at radius 1 is 0.923 bits per heavy atom. The lowest BCUT2D eigenvalue weighted by Gasteiger charge is -2.10. The SMILES string of the molecule is COc1ccc(CCNCCC(=O)NCc2ccc(C)cc2)cc1OC. The third-order valence-electron chi connectivity index (χ3n) is 4.18. The molecule has 2 rings (SSSR count). The zero-order valence-corrected chi connectivity index (χ0v) is 15.8.